The summed E-state index contributed by atoms with van der Waals surface area (Å²) in [6.07, 6.45) is 0.750. The molecule has 0 heterocycles. The highest BCUT2D eigenvalue weighted by Gasteiger charge is 2.19. The van der Waals surface area contributed by atoms with Gasteiger partial charge in [-0.2, -0.15) is 0 Å². The van der Waals surface area contributed by atoms with Crippen LogP contribution in [0.1, 0.15) is 0 Å². The Kier molecular flexibility index (Phi) is 2.30. The third-order valence-corrected chi connectivity index (χ3v) is 2.06. The maximum absolute atomic E-state index is 8.35. The van der Waals surface area contributed by atoms with E-state index >= 15 is 0 Å². The molecule has 0 saturated heterocycles. The maximum Gasteiger partial charge on any atom is 0.231 e. The van der Waals surface area contributed by atoms with Crippen molar-refractivity contribution in [2.45, 2.75) is 0 Å². The quantitative estimate of drug-likeness (QED) is 0.501. The van der Waals surface area contributed by atoms with Crippen LogP contribution in [-0.4, -0.2) is 6.08 Å². The van der Waals surface area contributed by atoms with Gasteiger partial charge in [0.2, 0.25) is 6.08 Å². The van der Waals surface area contributed by atoms with E-state index in [1.165, 1.54) is 5.56 Å². The molecular formula is C7H3Cl2NO. The van der Waals surface area contributed by atoms with E-state index in [4.69, 9.17) is 33.4 Å². The molecule has 0 unspecified atom stereocenters. The van der Waals surface area contributed by atoms with Crippen LogP contribution in [0.15, 0.2) is 12.1 Å². The van der Waals surface area contributed by atoms with Gasteiger partial charge in [0, 0.05) is 5.56 Å². The number of isocyanates is 1. The highest BCUT2D eigenvalue weighted by Crippen LogP contribution is 2.46. The lowest BCUT2D eigenvalue weighted by atomic mass is 10.5. The van der Waals surface area contributed by atoms with Crippen LogP contribution >= 0.6 is 23.2 Å². The molecule has 0 fully saturated rings. The van der Waals surface area contributed by atoms with Crippen molar-refractivity contribution >= 4 is 29.3 Å². The fraction of sp³-hybridized carbons (Fsp3) is 0. The van der Waals surface area contributed by atoms with Gasteiger partial charge < -0.3 is 0 Å². The minimum Gasteiger partial charge on any atom is -0.222 e. The lowest BCUT2D eigenvalue weighted by Gasteiger charge is -1.77. The van der Waals surface area contributed by atoms with E-state index in [1.807, 2.05) is 12.1 Å². The molecule has 2 rings (SSSR count). The predicted molar refractivity (Wildman–Crippen MR) is 43.9 cm³/mol. The lowest BCUT2D eigenvalue weighted by Crippen LogP contribution is -1.48. The Morgan fingerprint density at radius 3 is 2.09 bits per heavy atom. The van der Waals surface area contributed by atoms with Gasteiger partial charge in [-0.05, 0) is 17.7 Å². The van der Waals surface area contributed by atoms with Crippen LogP contribution in [0.25, 0.3) is 11.1 Å². The highest BCUT2D eigenvalue weighted by atomic mass is 35.5. The molecule has 0 bridgehead atoms. The van der Waals surface area contributed by atoms with Crippen LogP contribution < -0.4 is 0 Å². The molecule has 0 spiro atoms. The molecule has 0 aromatic carbocycles. The first-order chi connectivity index (χ1) is 5.20. The average Bonchev–Trinajstić information content (AvgIpc) is 2.62. The number of halogens is 2. The third-order valence-electron chi connectivity index (χ3n) is 1.26. The zero-order chi connectivity index (χ0) is 8.43. The van der Waals surface area contributed by atoms with Crippen molar-refractivity contribution in [3.63, 3.8) is 0 Å². The molecule has 2 aliphatic carbocycles. The first-order valence-electron chi connectivity index (χ1n) is 2.74. The number of hydrogen-bond donors (Lipinski definition) is 1. The summed E-state index contributed by atoms with van der Waals surface area (Å²) in [7, 11) is 0. The van der Waals surface area contributed by atoms with E-state index in [1.54, 1.807) is 0 Å². The molecule has 2 aliphatic rings. The van der Waals surface area contributed by atoms with E-state index in [-0.39, 0.29) is 0 Å². The number of hydrogen-bond acceptors (Lipinski definition) is 2. The number of nitrogens with one attached hydrogen (secondary N) is 1. The average molecular weight is 188 g/mol. The van der Waals surface area contributed by atoms with Gasteiger partial charge in [-0.3, -0.25) is 0 Å². The van der Waals surface area contributed by atoms with Crippen molar-refractivity contribution in [3.8, 4) is 11.1 Å². The summed E-state index contributed by atoms with van der Waals surface area (Å²) < 4.78 is 0. The zero-order valence-corrected chi connectivity index (χ0v) is 6.83. The van der Waals surface area contributed by atoms with Gasteiger partial charge in [-0.1, -0.05) is 23.2 Å². The summed E-state index contributed by atoms with van der Waals surface area (Å²) in [5.74, 6) is 0. The van der Waals surface area contributed by atoms with E-state index in [0.29, 0.717) is 10.0 Å². The summed E-state index contributed by atoms with van der Waals surface area (Å²) in [5.41, 5.74) is 2.32. The second-order valence-electron chi connectivity index (χ2n) is 1.92. The Labute approximate surface area is 73.2 Å². The minimum absolute atomic E-state index is 0.680. The molecule has 0 atom stereocenters. The number of rotatable bonds is 0. The fourth-order valence-corrected chi connectivity index (χ4v) is 1.20. The second kappa shape index (κ2) is 3.05. The number of fused-ring (bicyclic) bond motifs is 1. The predicted octanol–water partition coefficient (Wildman–Crippen LogP) is 2.87. The zero-order valence-electron chi connectivity index (χ0n) is 5.32. The first-order valence-corrected chi connectivity index (χ1v) is 3.49. The summed E-state index contributed by atoms with van der Waals surface area (Å²) in [4.78, 5) is 8.35. The second-order valence-corrected chi connectivity index (χ2v) is 2.71. The van der Waals surface area contributed by atoms with Gasteiger partial charge in [0.25, 0.3) is 0 Å². The van der Waals surface area contributed by atoms with Gasteiger partial charge in [-0.15, -0.1) is 0 Å². The third kappa shape index (κ3) is 1.60. The first kappa shape index (κ1) is 8.28. The molecule has 0 amide bonds. The molecule has 1 N–H and O–H groups in total. The Bertz CT molecular complexity index is 329. The smallest absolute Gasteiger partial charge is 0.222 e. The van der Waals surface area contributed by atoms with Crippen LogP contribution in [0.5, 0.6) is 0 Å². The van der Waals surface area contributed by atoms with Crippen molar-refractivity contribution in [1.82, 2.24) is 0 Å². The largest absolute Gasteiger partial charge is 0.231 e. The maximum atomic E-state index is 8.35. The summed E-state index contributed by atoms with van der Waals surface area (Å²) in [6, 6.07) is 3.88. The van der Waals surface area contributed by atoms with Crippen LogP contribution in [0, 0.1) is 5.41 Å². The molecule has 0 aromatic heterocycles. The van der Waals surface area contributed by atoms with Gasteiger partial charge in [0.05, 0.1) is 10.0 Å². The van der Waals surface area contributed by atoms with Gasteiger partial charge in [0.15, 0.2) is 0 Å². The molecule has 56 valence electrons. The van der Waals surface area contributed by atoms with Gasteiger partial charge in [0.1, 0.15) is 0 Å². The highest BCUT2D eigenvalue weighted by molar-refractivity contribution is 6.45. The van der Waals surface area contributed by atoms with Crippen molar-refractivity contribution in [2.75, 3.05) is 0 Å². The standard InChI is InChI=1S/C6H2Cl2.CHNO/c7-5-2-3-1-4(3)6(5)8;2-1-3/h1-2H;2H. The normalized spacial score (nSPS) is 9.27. The molecule has 0 saturated carbocycles. The molecule has 11 heavy (non-hydrogen) atoms. The van der Waals surface area contributed by atoms with Crippen LogP contribution in [-0.2, 0) is 4.79 Å². The molecule has 4 heteroatoms. The van der Waals surface area contributed by atoms with Crippen molar-refractivity contribution in [2.24, 2.45) is 0 Å². The van der Waals surface area contributed by atoms with Gasteiger partial charge >= 0.3 is 0 Å². The van der Waals surface area contributed by atoms with E-state index in [2.05, 4.69) is 0 Å². The van der Waals surface area contributed by atoms with E-state index in [0.717, 1.165) is 11.6 Å². The topological polar surface area (TPSA) is 40.9 Å². The summed E-state index contributed by atoms with van der Waals surface area (Å²) in [5, 5.41) is 6.79. The SMILES string of the molecule is Clc1cc2cc-2c1Cl.N=C=O. The fourth-order valence-electron chi connectivity index (χ4n) is 0.757. The Morgan fingerprint density at radius 1 is 1.36 bits per heavy atom. The van der Waals surface area contributed by atoms with Crippen molar-refractivity contribution < 1.29 is 4.79 Å². The number of benzene rings is 1. The summed E-state index contributed by atoms with van der Waals surface area (Å²) >= 11 is 11.3. The van der Waals surface area contributed by atoms with Crippen LogP contribution in [0.3, 0.4) is 0 Å². The van der Waals surface area contributed by atoms with E-state index < -0.39 is 0 Å². The Morgan fingerprint density at radius 2 is 1.91 bits per heavy atom. The van der Waals surface area contributed by atoms with E-state index in [9.17, 15) is 0 Å². The van der Waals surface area contributed by atoms with Crippen LogP contribution in [0.2, 0.25) is 10.0 Å². The molecule has 2 nitrogen and oxygen atoms in total. The molecular weight excluding hydrogens is 185 g/mol. The van der Waals surface area contributed by atoms with Crippen molar-refractivity contribution in [1.29, 1.82) is 5.41 Å². The molecule has 0 aromatic rings. The molecule has 0 radical (unpaired) electrons. The lowest BCUT2D eigenvalue weighted by molar-refractivity contribution is 0.563. The van der Waals surface area contributed by atoms with Crippen molar-refractivity contribution in [3.05, 3.63) is 22.2 Å². The van der Waals surface area contributed by atoms with Gasteiger partial charge in [-0.25, -0.2) is 10.2 Å². The van der Waals surface area contributed by atoms with Crippen LogP contribution in [0.4, 0.5) is 0 Å². The monoisotopic (exact) mass is 187 g/mol. The Balaban J connectivity index is 0.000000179. The minimum atomic E-state index is 0.680. The Hall–Kier alpha value is -0.820. The number of carbonyl (C=O) groups excluding carboxylic acids is 1. The summed E-state index contributed by atoms with van der Waals surface area (Å²) in [6.45, 7) is 0. The molecule has 0 aliphatic heterocycles.